The maximum atomic E-state index is 11.6. The van der Waals surface area contributed by atoms with E-state index < -0.39 is 0 Å². The first-order valence-electron chi connectivity index (χ1n) is 4.98. The molecule has 1 aromatic rings. The molecule has 0 aromatic heterocycles. The van der Waals surface area contributed by atoms with Gasteiger partial charge in [0.1, 0.15) is 5.78 Å². The Bertz CT molecular complexity index is 350. The topological polar surface area (TPSA) is 17.1 Å². The minimum Gasteiger partial charge on any atom is -0.299 e. The molecule has 0 N–H and O–H groups in total. The second-order valence-electron chi connectivity index (χ2n) is 3.88. The molecule has 1 aromatic carbocycles. The Morgan fingerprint density at radius 3 is 2.79 bits per heavy atom. The van der Waals surface area contributed by atoms with Crippen LogP contribution in [-0.4, -0.2) is 5.78 Å². The number of hydrogen-bond acceptors (Lipinski definition) is 1. The highest BCUT2D eigenvalue weighted by Gasteiger charge is 2.28. The van der Waals surface area contributed by atoms with E-state index in [1.807, 2.05) is 25.1 Å². The van der Waals surface area contributed by atoms with Gasteiger partial charge in [0, 0.05) is 17.4 Å². The first-order valence-corrected chi connectivity index (χ1v) is 5.35. The summed E-state index contributed by atoms with van der Waals surface area (Å²) in [6, 6.07) is 5.82. The Balaban J connectivity index is 2.44. The summed E-state index contributed by atoms with van der Waals surface area (Å²) in [7, 11) is 0. The first kappa shape index (κ1) is 9.72. The summed E-state index contributed by atoms with van der Waals surface area (Å²) >= 11 is 6.12. The minimum absolute atomic E-state index is 0.0590. The molecule has 0 heterocycles. The van der Waals surface area contributed by atoms with E-state index in [2.05, 4.69) is 0 Å². The third-order valence-corrected chi connectivity index (χ3v) is 3.25. The Morgan fingerprint density at radius 2 is 2.21 bits per heavy atom. The molecule has 1 fully saturated rings. The van der Waals surface area contributed by atoms with Crippen LogP contribution in [0, 0.1) is 6.92 Å². The number of halogens is 1. The highest BCUT2D eigenvalue weighted by molar-refractivity contribution is 6.31. The molecule has 0 saturated heterocycles. The zero-order chi connectivity index (χ0) is 10.1. The van der Waals surface area contributed by atoms with Crippen molar-refractivity contribution in [3.05, 3.63) is 34.3 Å². The molecular weight excluding hydrogens is 196 g/mol. The Hall–Kier alpha value is -0.820. The van der Waals surface area contributed by atoms with Gasteiger partial charge < -0.3 is 0 Å². The van der Waals surface area contributed by atoms with Gasteiger partial charge in [0.2, 0.25) is 0 Å². The number of Topliss-reactive ketones (excluding diaryl/α,β-unsaturated/α-hetero) is 1. The third-order valence-electron chi connectivity index (χ3n) is 2.92. The molecule has 0 radical (unpaired) electrons. The second kappa shape index (κ2) is 3.74. The highest BCUT2D eigenvalue weighted by Crippen LogP contribution is 2.36. The molecule has 0 amide bonds. The van der Waals surface area contributed by atoms with Gasteiger partial charge >= 0.3 is 0 Å². The van der Waals surface area contributed by atoms with Gasteiger partial charge in [0.15, 0.2) is 0 Å². The van der Waals surface area contributed by atoms with Gasteiger partial charge in [-0.3, -0.25) is 4.79 Å². The monoisotopic (exact) mass is 208 g/mol. The molecule has 1 saturated carbocycles. The van der Waals surface area contributed by atoms with Crippen LogP contribution in [0.3, 0.4) is 0 Å². The van der Waals surface area contributed by atoms with Crippen molar-refractivity contribution in [1.82, 2.24) is 0 Å². The number of carbonyl (C=O) groups is 1. The molecule has 2 rings (SSSR count). The lowest BCUT2D eigenvalue weighted by atomic mass is 9.93. The summed E-state index contributed by atoms with van der Waals surface area (Å²) in [4.78, 5) is 11.6. The molecule has 0 spiro atoms. The molecule has 14 heavy (non-hydrogen) atoms. The average molecular weight is 209 g/mol. The highest BCUT2D eigenvalue weighted by atomic mass is 35.5. The number of ketones is 1. The Labute approximate surface area is 89.1 Å². The van der Waals surface area contributed by atoms with Gasteiger partial charge in [0.05, 0.1) is 0 Å². The van der Waals surface area contributed by atoms with Gasteiger partial charge in [-0.15, -0.1) is 0 Å². The molecule has 1 aliphatic rings. The van der Waals surface area contributed by atoms with Crippen molar-refractivity contribution in [2.75, 3.05) is 0 Å². The van der Waals surface area contributed by atoms with Crippen LogP contribution in [0.5, 0.6) is 0 Å². The smallest absolute Gasteiger partial charge is 0.140 e. The van der Waals surface area contributed by atoms with E-state index in [4.69, 9.17) is 11.6 Å². The SMILES string of the molecule is Cc1cccc(Cl)c1C1CCCC1=O. The minimum atomic E-state index is 0.0590. The fourth-order valence-corrected chi connectivity index (χ4v) is 2.56. The van der Waals surface area contributed by atoms with E-state index in [0.29, 0.717) is 5.78 Å². The van der Waals surface area contributed by atoms with Crippen LogP contribution >= 0.6 is 11.6 Å². The number of rotatable bonds is 1. The Morgan fingerprint density at radius 1 is 1.43 bits per heavy atom. The van der Waals surface area contributed by atoms with E-state index in [1.165, 1.54) is 0 Å². The van der Waals surface area contributed by atoms with Crippen LogP contribution in [0.2, 0.25) is 5.02 Å². The molecule has 74 valence electrons. The maximum Gasteiger partial charge on any atom is 0.140 e. The number of hydrogen-bond donors (Lipinski definition) is 0. The van der Waals surface area contributed by atoms with Crippen LogP contribution in [0.15, 0.2) is 18.2 Å². The summed E-state index contributed by atoms with van der Waals surface area (Å²) in [5, 5.41) is 0.741. The molecule has 1 atom stereocenters. The standard InChI is InChI=1S/C12H13ClO/c1-8-4-2-6-10(13)12(8)9-5-3-7-11(9)14/h2,4,6,9H,3,5,7H2,1H3. The normalized spacial score (nSPS) is 21.6. The van der Waals surface area contributed by atoms with Crippen molar-refractivity contribution < 1.29 is 4.79 Å². The fraction of sp³-hybridized carbons (Fsp3) is 0.417. The lowest BCUT2D eigenvalue weighted by molar-refractivity contribution is -0.118. The van der Waals surface area contributed by atoms with Crippen molar-refractivity contribution in [3.8, 4) is 0 Å². The molecule has 0 aliphatic heterocycles. The maximum absolute atomic E-state index is 11.6. The quantitative estimate of drug-likeness (QED) is 0.691. The van der Waals surface area contributed by atoms with E-state index >= 15 is 0 Å². The third kappa shape index (κ3) is 1.57. The number of carbonyl (C=O) groups excluding carboxylic acids is 1. The van der Waals surface area contributed by atoms with E-state index in [9.17, 15) is 4.79 Å². The van der Waals surface area contributed by atoms with Crippen LogP contribution in [-0.2, 0) is 4.79 Å². The van der Waals surface area contributed by atoms with Gasteiger partial charge in [-0.1, -0.05) is 23.7 Å². The fourth-order valence-electron chi connectivity index (χ4n) is 2.21. The van der Waals surface area contributed by atoms with Crippen LogP contribution in [0.4, 0.5) is 0 Å². The van der Waals surface area contributed by atoms with Gasteiger partial charge in [-0.2, -0.15) is 0 Å². The number of aryl methyl sites for hydroxylation is 1. The summed E-state index contributed by atoms with van der Waals surface area (Å²) in [5.74, 6) is 0.407. The summed E-state index contributed by atoms with van der Waals surface area (Å²) in [6.07, 6.45) is 2.69. The zero-order valence-electron chi connectivity index (χ0n) is 8.22. The van der Waals surface area contributed by atoms with Gasteiger partial charge in [-0.05, 0) is 37.0 Å². The second-order valence-corrected chi connectivity index (χ2v) is 4.29. The zero-order valence-corrected chi connectivity index (χ0v) is 8.97. The first-order chi connectivity index (χ1) is 6.70. The van der Waals surface area contributed by atoms with Crippen LogP contribution in [0.1, 0.15) is 36.3 Å². The summed E-state index contributed by atoms with van der Waals surface area (Å²) in [5.41, 5.74) is 2.19. The summed E-state index contributed by atoms with van der Waals surface area (Å²) < 4.78 is 0. The lowest BCUT2D eigenvalue weighted by Gasteiger charge is -2.13. The van der Waals surface area contributed by atoms with Crippen molar-refractivity contribution in [2.45, 2.75) is 32.1 Å². The number of benzene rings is 1. The van der Waals surface area contributed by atoms with Crippen LogP contribution in [0.25, 0.3) is 0 Å². The molecular formula is C12H13ClO. The predicted octanol–water partition coefficient (Wildman–Crippen LogP) is 3.49. The largest absolute Gasteiger partial charge is 0.299 e. The molecule has 1 aliphatic carbocycles. The molecule has 2 heteroatoms. The van der Waals surface area contributed by atoms with E-state index in [0.717, 1.165) is 35.4 Å². The van der Waals surface area contributed by atoms with Crippen molar-refractivity contribution in [1.29, 1.82) is 0 Å². The van der Waals surface area contributed by atoms with Crippen molar-refractivity contribution in [3.63, 3.8) is 0 Å². The average Bonchev–Trinajstić information content (AvgIpc) is 2.52. The lowest BCUT2D eigenvalue weighted by Crippen LogP contribution is -2.06. The molecule has 1 nitrogen and oxygen atoms in total. The van der Waals surface area contributed by atoms with Gasteiger partial charge in [-0.25, -0.2) is 0 Å². The van der Waals surface area contributed by atoms with Crippen molar-refractivity contribution in [2.24, 2.45) is 0 Å². The van der Waals surface area contributed by atoms with E-state index in [-0.39, 0.29) is 5.92 Å². The molecule has 1 unspecified atom stereocenters. The van der Waals surface area contributed by atoms with Crippen LogP contribution < -0.4 is 0 Å². The summed E-state index contributed by atoms with van der Waals surface area (Å²) in [6.45, 7) is 2.02. The molecule has 0 bridgehead atoms. The van der Waals surface area contributed by atoms with E-state index in [1.54, 1.807) is 0 Å². The van der Waals surface area contributed by atoms with Gasteiger partial charge in [0.25, 0.3) is 0 Å². The van der Waals surface area contributed by atoms with Crippen molar-refractivity contribution >= 4 is 17.4 Å². The Kier molecular flexibility index (Phi) is 2.60. The predicted molar refractivity (Wildman–Crippen MR) is 57.8 cm³/mol.